The molecule has 5 nitrogen and oxygen atoms in total. The second-order valence-electron chi connectivity index (χ2n) is 4.94. The highest BCUT2D eigenvalue weighted by molar-refractivity contribution is 4.96. The third kappa shape index (κ3) is 3.09. The Balaban J connectivity index is 2.11. The van der Waals surface area contributed by atoms with E-state index in [-0.39, 0.29) is 12.0 Å². The van der Waals surface area contributed by atoms with Crippen molar-refractivity contribution in [3.05, 3.63) is 11.7 Å². The van der Waals surface area contributed by atoms with Crippen LogP contribution in [0, 0.1) is 5.92 Å². The highest BCUT2D eigenvalue weighted by Crippen LogP contribution is 2.35. The van der Waals surface area contributed by atoms with Crippen LogP contribution in [0.5, 0.6) is 0 Å². The molecule has 1 N–H and O–H groups in total. The number of ether oxygens (including phenoxy) is 1. The van der Waals surface area contributed by atoms with Crippen LogP contribution in [0.4, 0.5) is 0 Å². The Morgan fingerprint density at radius 2 is 2.11 bits per heavy atom. The SMILES string of the molecule is CCOC(c1noc(C(C)O)n1)C1CCCCC1. The lowest BCUT2D eigenvalue weighted by atomic mass is 9.85. The Hall–Kier alpha value is -0.940. The number of hydrogen-bond acceptors (Lipinski definition) is 5. The number of nitrogens with zero attached hydrogens (tertiary/aromatic N) is 2. The Morgan fingerprint density at radius 1 is 1.39 bits per heavy atom. The molecule has 1 aliphatic carbocycles. The maximum atomic E-state index is 9.42. The summed E-state index contributed by atoms with van der Waals surface area (Å²) in [6, 6.07) is 0. The van der Waals surface area contributed by atoms with Crippen molar-refractivity contribution >= 4 is 0 Å². The van der Waals surface area contributed by atoms with E-state index in [1.165, 1.54) is 19.3 Å². The van der Waals surface area contributed by atoms with Crippen LogP contribution in [0.3, 0.4) is 0 Å². The Morgan fingerprint density at radius 3 is 2.67 bits per heavy atom. The first-order chi connectivity index (χ1) is 8.72. The first-order valence-corrected chi connectivity index (χ1v) is 6.85. The molecule has 2 unspecified atom stereocenters. The molecule has 2 rings (SSSR count). The Kier molecular flexibility index (Phi) is 4.72. The lowest BCUT2D eigenvalue weighted by molar-refractivity contribution is -0.00145. The van der Waals surface area contributed by atoms with Gasteiger partial charge >= 0.3 is 0 Å². The Labute approximate surface area is 108 Å². The van der Waals surface area contributed by atoms with Crippen molar-refractivity contribution < 1.29 is 14.4 Å². The monoisotopic (exact) mass is 254 g/mol. The summed E-state index contributed by atoms with van der Waals surface area (Å²) in [5, 5.41) is 13.4. The zero-order valence-corrected chi connectivity index (χ0v) is 11.1. The fourth-order valence-electron chi connectivity index (χ4n) is 2.57. The molecule has 2 atom stereocenters. The highest BCUT2D eigenvalue weighted by Gasteiger charge is 2.29. The minimum atomic E-state index is -0.722. The van der Waals surface area contributed by atoms with E-state index in [9.17, 15) is 5.11 Å². The summed E-state index contributed by atoms with van der Waals surface area (Å²) in [4.78, 5) is 4.25. The summed E-state index contributed by atoms with van der Waals surface area (Å²) in [7, 11) is 0. The minimum absolute atomic E-state index is 0.0912. The van der Waals surface area contributed by atoms with Gasteiger partial charge in [0.05, 0.1) is 0 Å². The van der Waals surface area contributed by atoms with Crippen LogP contribution < -0.4 is 0 Å². The summed E-state index contributed by atoms with van der Waals surface area (Å²) in [5.74, 6) is 1.32. The molecule has 18 heavy (non-hydrogen) atoms. The molecule has 1 saturated carbocycles. The molecular formula is C13H22N2O3. The van der Waals surface area contributed by atoms with E-state index in [1.54, 1.807) is 6.92 Å². The standard InChI is InChI=1S/C13H22N2O3/c1-3-17-11(10-7-5-4-6-8-10)12-14-13(9(2)16)18-15-12/h9-11,16H,3-8H2,1-2H3. The summed E-state index contributed by atoms with van der Waals surface area (Å²) < 4.78 is 10.8. The smallest absolute Gasteiger partial charge is 0.255 e. The normalized spacial score (nSPS) is 20.8. The summed E-state index contributed by atoms with van der Waals surface area (Å²) in [5.41, 5.74) is 0. The van der Waals surface area contributed by atoms with Crippen LogP contribution in [-0.2, 0) is 4.74 Å². The highest BCUT2D eigenvalue weighted by atomic mass is 16.5. The maximum Gasteiger partial charge on any atom is 0.255 e. The molecule has 0 amide bonds. The average molecular weight is 254 g/mol. The third-order valence-corrected chi connectivity index (χ3v) is 3.49. The van der Waals surface area contributed by atoms with Crippen molar-refractivity contribution in [3.8, 4) is 0 Å². The van der Waals surface area contributed by atoms with E-state index < -0.39 is 6.10 Å². The fourth-order valence-corrected chi connectivity index (χ4v) is 2.57. The molecule has 1 aromatic rings. The first-order valence-electron chi connectivity index (χ1n) is 6.85. The third-order valence-electron chi connectivity index (χ3n) is 3.49. The van der Waals surface area contributed by atoms with Crippen LogP contribution >= 0.6 is 0 Å². The molecule has 1 heterocycles. The van der Waals surface area contributed by atoms with E-state index in [0.717, 1.165) is 12.8 Å². The number of aromatic nitrogens is 2. The quantitative estimate of drug-likeness (QED) is 0.875. The topological polar surface area (TPSA) is 68.4 Å². The van der Waals surface area contributed by atoms with Gasteiger partial charge in [-0.05, 0) is 32.6 Å². The van der Waals surface area contributed by atoms with Crippen LogP contribution in [0.2, 0.25) is 0 Å². The predicted molar refractivity (Wildman–Crippen MR) is 65.9 cm³/mol. The molecule has 0 aromatic carbocycles. The molecule has 0 aliphatic heterocycles. The summed E-state index contributed by atoms with van der Waals surface area (Å²) in [6.07, 6.45) is 5.30. The predicted octanol–water partition coefficient (Wildman–Crippen LogP) is 2.78. The minimum Gasteiger partial charge on any atom is -0.384 e. The van der Waals surface area contributed by atoms with Crippen LogP contribution in [0.25, 0.3) is 0 Å². The van der Waals surface area contributed by atoms with Gasteiger partial charge in [0, 0.05) is 6.61 Å². The van der Waals surface area contributed by atoms with Crippen molar-refractivity contribution in [1.29, 1.82) is 0 Å². The molecule has 102 valence electrons. The molecule has 5 heteroatoms. The average Bonchev–Trinajstić information content (AvgIpc) is 2.86. The van der Waals surface area contributed by atoms with Gasteiger partial charge in [0.15, 0.2) is 0 Å². The largest absolute Gasteiger partial charge is 0.384 e. The second kappa shape index (κ2) is 6.29. The Bertz CT molecular complexity index is 359. The number of hydrogen-bond donors (Lipinski definition) is 1. The van der Waals surface area contributed by atoms with Crippen molar-refractivity contribution in [2.75, 3.05) is 6.61 Å². The van der Waals surface area contributed by atoms with Crippen molar-refractivity contribution in [3.63, 3.8) is 0 Å². The molecule has 0 bridgehead atoms. The zero-order valence-electron chi connectivity index (χ0n) is 11.1. The van der Waals surface area contributed by atoms with Crippen molar-refractivity contribution in [2.45, 2.75) is 58.2 Å². The van der Waals surface area contributed by atoms with Crippen LogP contribution in [-0.4, -0.2) is 21.9 Å². The van der Waals surface area contributed by atoms with E-state index in [1.807, 2.05) is 6.92 Å². The number of rotatable bonds is 5. The van der Waals surface area contributed by atoms with Gasteiger partial charge in [-0.25, -0.2) is 0 Å². The van der Waals surface area contributed by atoms with Gasteiger partial charge in [-0.2, -0.15) is 4.98 Å². The molecular weight excluding hydrogens is 232 g/mol. The van der Waals surface area contributed by atoms with E-state index in [0.29, 0.717) is 18.3 Å². The van der Waals surface area contributed by atoms with E-state index in [2.05, 4.69) is 10.1 Å². The van der Waals surface area contributed by atoms with Gasteiger partial charge < -0.3 is 14.4 Å². The van der Waals surface area contributed by atoms with Crippen LogP contribution in [0.15, 0.2) is 4.52 Å². The zero-order chi connectivity index (χ0) is 13.0. The lowest BCUT2D eigenvalue weighted by Gasteiger charge is -2.27. The van der Waals surface area contributed by atoms with Crippen molar-refractivity contribution in [2.24, 2.45) is 5.92 Å². The second-order valence-corrected chi connectivity index (χ2v) is 4.94. The molecule has 1 aliphatic rings. The first kappa shape index (κ1) is 13.5. The molecule has 0 spiro atoms. The van der Waals surface area contributed by atoms with Gasteiger partial charge in [-0.15, -0.1) is 0 Å². The van der Waals surface area contributed by atoms with Crippen LogP contribution in [0.1, 0.15) is 69.9 Å². The van der Waals surface area contributed by atoms with Gasteiger partial charge in [-0.3, -0.25) is 0 Å². The van der Waals surface area contributed by atoms with E-state index in [4.69, 9.17) is 9.26 Å². The molecule has 1 aromatic heterocycles. The summed E-state index contributed by atoms with van der Waals surface area (Å²) >= 11 is 0. The van der Waals surface area contributed by atoms with E-state index >= 15 is 0 Å². The van der Waals surface area contributed by atoms with Gasteiger partial charge in [-0.1, -0.05) is 24.4 Å². The number of aliphatic hydroxyl groups is 1. The summed E-state index contributed by atoms with van der Waals surface area (Å²) in [6.45, 7) is 4.23. The van der Waals surface area contributed by atoms with Gasteiger partial charge in [0.2, 0.25) is 5.82 Å². The van der Waals surface area contributed by atoms with Gasteiger partial charge in [0.25, 0.3) is 5.89 Å². The molecule has 0 radical (unpaired) electrons. The molecule has 0 saturated heterocycles. The maximum absolute atomic E-state index is 9.42. The number of aliphatic hydroxyl groups excluding tert-OH is 1. The van der Waals surface area contributed by atoms with Gasteiger partial charge in [0.1, 0.15) is 12.2 Å². The molecule has 1 fully saturated rings. The lowest BCUT2D eigenvalue weighted by Crippen LogP contribution is -2.20. The van der Waals surface area contributed by atoms with Crippen molar-refractivity contribution in [1.82, 2.24) is 10.1 Å². The fraction of sp³-hybridized carbons (Fsp3) is 0.846.